The Hall–Kier alpha value is -3.03. The molecular formula is C19H15F3N2O3. The molecule has 1 saturated carbocycles. The second kappa shape index (κ2) is 6.94. The molecule has 8 heteroatoms. The number of H-pyrrole nitrogens is 1. The molecule has 27 heavy (non-hydrogen) atoms. The maximum Gasteiger partial charge on any atom is 0.280 e. The number of hydrogen-bond acceptors (Lipinski definition) is 4. The fourth-order valence-electron chi connectivity index (χ4n) is 3.10. The number of nitrogens with one attached hydrogen (secondary N) is 1. The highest BCUT2D eigenvalue weighted by Gasteiger charge is 2.33. The molecule has 0 unspecified atom stereocenters. The van der Waals surface area contributed by atoms with Crippen molar-refractivity contribution < 1.29 is 22.4 Å². The Labute approximate surface area is 151 Å². The lowest BCUT2D eigenvalue weighted by atomic mass is 9.77. The largest absolute Gasteiger partial charge is 0.474 e. The van der Waals surface area contributed by atoms with Crippen LogP contribution in [0.25, 0.3) is 11.3 Å². The molecule has 140 valence electrons. The minimum Gasteiger partial charge on any atom is -0.474 e. The second-order valence-electron chi connectivity index (χ2n) is 6.45. The molecule has 1 N–H and O–H groups in total. The number of rotatable bonds is 5. The van der Waals surface area contributed by atoms with Crippen LogP contribution in [0, 0.1) is 5.82 Å². The molecule has 5 nitrogen and oxygen atoms in total. The van der Waals surface area contributed by atoms with Gasteiger partial charge in [0.15, 0.2) is 5.76 Å². The molecular weight excluding hydrogens is 361 g/mol. The third kappa shape index (κ3) is 3.60. The summed E-state index contributed by atoms with van der Waals surface area (Å²) in [5, 5.41) is 2.21. The van der Waals surface area contributed by atoms with Crippen molar-refractivity contribution in [2.75, 3.05) is 0 Å². The van der Waals surface area contributed by atoms with Crippen molar-refractivity contribution >= 4 is 0 Å². The van der Waals surface area contributed by atoms with E-state index in [2.05, 4.69) is 10.1 Å². The van der Waals surface area contributed by atoms with Crippen LogP contribution in [0.15, 0.2) is 51.9 Å². The molecule has 1 aliphatic carbocycles. The van der Waals surface area contributed by atoms with Gasteiger partial charge in [-0.3, -0.25) is 4.79 Å². The third-order valence-electron chi connectivity index (χ3n) is 4.66. The van der Waals surface area contributed by atoms with E-state index in [4.69, 9.17) is 9.26 Å². The van der Waals surface area contributed by atoms with Gasteiger partial charge in [0.2, 0.25) is 5.88 Å². The van der Waals surface area contributed by atoms with E-state index in [1.807, 2.05) is 0 Å². The summed E-state index contributed by atoms with van der Waals surface area (Å²) >= 11 is 0. The third-order valence-corrected chi connectivity index (χ3v) is 4.66. The van der Waals surface area contributed by atoms with Crippen molar-refractivity contribution in [3.63, 3.8) is 0 Å². The molecule has 0 aliphatic heterocycles. The fraction of sp³-hybridized carbons (Fsp3) is 0.263. The number of benzene rings is 1. The summed E-state index contributed by atoms with van der Waals surface area (Å²) < 4.78 is 49.7. The lowest BCUT2D eigenvalue weighted by Crippen LogP contribution is -2.32. The number of aromatic nitrogens is 2. The number of pyridine rings is 1. The predicted molar refractivity (Wildman–Crippen MR) is 90.3 cm³/mol. The van der Waals surface area contributed by atoms with E-state index in [0.29, 0.717) is 35.6 Å². The molecule has 2 heterocycles. The summed E-state index contributed by atoms with van der Waals surface area (Å²) in [6, 6.07) is 8.59. The van der Waals surface area contributed by atoms with Crippen LogP contribution in [0.3, 0.4) is 0 Å². The first-order valence-corrected chi connectivity index (χ1v) is 8.38. The molecule has 0 amide bonds. The Morgan fingerprint density at radius 2 is 2.00 bits per heavy atom. The predicted octanol–water partition coefficient (Wildman–Crippen LogP) is 4.43. The number of nitrogens with zero attached hydrogens (tertiary/aromatic N) is 1. The van der Waals surface area contributed by atoms with Gasteiger partial charge in [0.1, 0.15) is 11.9 Å². The highest BCUT2D eigenvalue weighted by molar-refractivity contribution is 5.55. The Morgan fingerprint density at radius 3 is 2.59 bits per heavy atom. The number of aromatic amines is 1. The molecule has 1 fully saturated rings. The average Bonchev–Trinajstić information content (AvgIpc) is 3.04. The lowest BCUT2D eigenvalue weighted by Gasteiger charge is -2.35. The van der Waals surface area contributed by atoms with E-state index in [9.17, 15) is 18.0 Å². The topological polar surface area (TPSA) is 68.1 Å². The van der Waals surface area contributed by atoms with E-state index in [0.717, 1.165) is 6.07 Å². The zero-order valence-electron chi connectivity index (χ0n) is 14.0. The van der Waals surface area contributed by atoms with Crippen LogP contribution in [0.2, 0.25) is 0 Å². The van der Waals surface area contributed by atoms with E-state index >= 15 is 0 Å². The van der Waals surface area contributed by atoms with E-state index in [1.54, 1.807) is 18.2 Å². The van der Waals surface area contributed by atoms with E-state index in [1.165, 1.54) is 18.3 Å². The van der Waals surface area contributed by atoms with Crippen molar-refractivity contribution in [1.82, 2.24) is 10.1 Å². The average molecular weight is 376 g/mol. The molecule has 0 bridgehead atoms. The summed E-state index contributed by atoms with van der Waals surface area (Å²) in [6.07, 6.45) is -0.0373. The number of hydrogen-bond donors (Lipinski definition) is 1. The Kier molecular flexibility index (Phi) is 4.47. The van der Waals surface area contributed by atoms with Gasteiger partial charge < -0.3 is 9.26 Å². The van der Waals surface area contributed by atoms with E-state index < -0.39 is 17.8 Å². The standard InChI is InChI=1S/C19H15F3N2O3/c20-15-7-10(1-3-14(15)19(21)22)12-5-13(6-12)26-18-4-2-11(9-23-18)16-8-17(25)24-27-16/h1-4,7-9,12-13,19H,5-6H2,(H,24,25). The van der Waals surface area contributed by atoms with Crippen LogP contribution < -0.4 is 10.3 Å². The molecule has 3 aromatic rings. The zero-order valence-corrected chi connectivity index (χ0v) is 14.0. The number of ether oxygens (including phenoxy) is 1. The van der Waals surface area contributed by atoms with Gasteiger partial charge >= 0.3 is 0 Å². The van der Waals surface area contributed by atoms with Gasteiger partial charge in [-0.1, -0.05) is 12.1 Å². The summed E-state index contributed by atoms with van der Waals surface area (Å²) in [5.74, 6) is 0.0153. The molecule has 1 aliphatic rings. The minimum absolute atomic E-state index is 0.0728. The summed E-state index contributed by atoms with van der Waals surface area (Å²) in [5.41, 5.74) is 0.432. The highest BCUT2D eigenvalue weighted by Crippen LogP contribution is 2.40. The van der Waals surface area contributed by atoms with Crippen molar-refractivity contribution in [2.24, 2.45) is 0 Å². The summed E-state index contributed by atoms with van der Waals surface area (Å²) in [4.78, 5) is 15.3. The van der Waals surface area contributed by atoms with Crippen molar-refractivity contribution in [3.8, 4) is 17.2 Å². The van der Waals surface area contributed by atoms with E-state index in [-0.39, 0.29) is 17.6 Å². The van der Waals surface area contributed by atoms with Gasteiger partial charge in [0.25, 0.3) is 12.0 Å². The van der Waals surface area contributed by atoms with Crippen LogP contribution >= 0.6 is 0 Å². The van der Waals surface area contributed by atoms with Crippen LogP contribution in [-0.4, -0.2) is 16.2 Å². The Bertz CT molecular complexity index is 992. The van der Waals surface area contributed by atoms with Crippen LogP contribution in [0.1, 0.15) is 36.3 Å². The molecule has 2 aromatic heterocycles. The van der Waals surface area contributed by atoms with Gasteiger partial charge in [0, 0.05) is 17.8 Å². The van der Waals surface area contributed by atoms with Gasteiger partial charge in [0.05, 0.1) is 11.6 Å². The first kappa shape index (κ1) is 17.4. The normalized spacial score (nSPS) is 19.1. The molecule has 0 radical (unpaired) electrons. The first-order chi connectivity index (χ1) is 13.0. The highest BCUT2D eigenvalue weighted by atomic mass is 19.3. The van der Waals surface area contributed by atoms with Gasteiger partial charge in [-0.15, -0.1) is 0 Å². The summed E-state index contributed by atoms with van der Waals surface area (Å²) in [6.45, 7) is 0. The second-order valence-corrected chi connectivity index (χ2v) is 6.45. The number of alkyl halides is 2. The van der Waals surface area contributed by atoms with Crippen LogP contribution in [0.4, 0.5) is 13.2 Å². The van der Waals surface area contributed by atoms with Gasteiger partial charge in [-0.05, 0) is 36.5 Å². The Morgan fingerprint density at radius 1 is 1.19 bits per heavy atom. The summed E-state index contributed by atoms with van der Waals surface area (Å²) in [7, 11) is 0. The quantitative estimate of drug-likeness (QED) is 0.715. The smallest absolute Gasteiger partial charge is 0.280 e. The molecule has 4 rings (SSSR count). The lowest BCUT2D eigenvalue weighted by molar-refractivity contribution is 0.0933. The molecule has 0 spiro atoms. The van der Waals surface area contributed by atoms with Crippen molar-refractivity contribution in [2.45, 2.75) is 31.3 Å². The van der Waals surface area contributed by atoms with Crippen LogP contribution in [-0.2, 0) is 0 Å². The monoisotopic (exact) mass is 376 g/mol. The maximum atomic E-state index is 13.7. The number of halogens is 3. The minimum atomic E-state index is -2.81. The van der Waals surface area contributed by atoms with Crippen molar-refractivity contribution in [3.05, 3.63) is 69.9 Å². The molecule has 0 saturated heterocycles. The van der Waals surface area contributed by atoms with Crippen molar-refractivity contribution in [1.29, 1.82) is 0 Å². The van der Waals surface area contributed by atoms with Crippen LogP contribution in [0.5, 0.6) is 5.88 Å². The molecule has 0 atom stereocenters. The SMILES string of the molecule is O=c1cc(-c2ccc(OC3CC(c4ccc(C(F)F)c(F)c4)C3)nc2)o[nH]1. The Balaban J connectivity index is 1.35. The fourth-order valence-corrected chi connectivity index (χ4v) is 3.10. The maximum absolute atomic E-state index is 13.7. The zero-order chi connectivity index (χ0) is 19.0. The van der Waals surface area contributed by atoms with Gasteiger partial charge in [-0.25, -0.2) is 18.2 Å². The molecule has 1 aromatic carbocycles. The first-order valence-electron chi connectivity index (χ1n) is 8.38. The van der Waals surface area contributed by atoms with Gasteiger partial charge in [-0.2, -0.15) is 5.16 Å².